The van der Waals surface area contributed by atoms with Crippen molar-refractivity contribution >= 4 is 39.0 Å². The van der Waals surface area contributed by atoms with Crippen LogP contribution in [0.25, 0.3) is 16.3 Å². The maximum absolute atomic E-state index is 13.2. The minimum absolute atomic E-state index is 0. The molecule has 200 valence electrons. The third-order valence-corrected chi connectivity index (χ3v) is 8.34. The normalized spacial score (nSPS) is 19.2. The summed E-state index contributed by atoms with van der Waals surface area (Å²) in [6.07, 6.45) is 2.48. The van der Waals surface area contributed by atoms with E-state index in [9.17, 15) is 17.2 Å². The highest BCUT2D eigenvalue weighted by Gasteiger charge is 2.41. The highest BCUT2D eigenvalue weighted by molar-refractivity contribution is 7.89. The first-order chi connectivity index (χ1) is 17.1. The monoisotopic (exact) mass is 547 g/mol. The third-order valence-electron chi connectivity index (χ3n) is 5.80. The van der Waals surface area contributed by atoms with Crippen LogP contribution in [0.1, 0.15) is 41.0 Å². The van der Waals surface area contributed by atoms with E-state index in [2.05, 4.69) is 30.1 Å². The number of anilines is 1. The van der Waals surface area contributed by atoms with Crippen molar-refractivity contribution in [1.29, 1.82) is 0 Å². The molecule has 2 fully saturated rings. The van der Waals surface area contributed by atoms with E-state index in [1.54, 1.807) is 23.7 Å². The molecule has 0 aromatic carbocycles. The fraction of sp³-hybridized carbons (Fsp3) is 0.524. The van der Waals surface area contributed by atoms with Crippen LogP contribution in [0.4, 0.5) is 14.5 Å². The minimum atomic E-state index is -3.82. The summed E-state index contributed by atoms with van der Waals surface area (Å²) in [5.41, 5.74) is 0.894. The molecule has 1 atom stereocenters. The van der Waals surface area contributed by atoms with E-state index < -0.39 is 27.0 Å². The topological polar surface area (TPSA) is 131 Å². The lowest BCUT2D eigenvalue weighted by atomic mass is 10.2. The standard InChI is InChI=1S/C19H22F2N6O3S2.C2H5NO.2H2/c1-11-9-26(5-6-30-11)13-7-12(32(28,29)25-19(2)3-4-19)10-27-14(13)8-22-16(27)18-24-23-17(31-18)15(20)21;1-3-2-4;;/h7-8,10-11,15,25H,3-6,9H2,1-2H3;2H,1H3,(H,3,4);2*1H/t11-;;;/m0.../s1. The molecule has 15 heteroatoms. The number of rotatable bonds is 7. The number of imidazole rings is 1. The zero-order chi connectivity index (χ0) is 26.1. The second-order valence-electron chi connectivity index (χ2n) is 8.84. The molecule has 36 heavy (non-hydrogen) atoms. The van der Waals surface area contributed by atoms with E-state index >= 15 is 0 Å². The number of halogens is 2. The van der Waals surface area contributed by atoms with Crippen LogP contribution in [0.5, 0.6) is 0 Å². The van der Waals surface area contributed by atoms with Crippen LogP contribution in [0, 0.1) is 0 Å². The van der Waals surface area contributed by atoms with Gasteiger partial charge in [0.1, 0.15) is 4.90 Å². The lowest BCUT2D eigenvalue weighted by Crippen LogP contribution is -2.41. The average Bonchev–Trinajstić information content (AvgIpc) is 3.22. The molecule has 0 spiro atoms. The lowest BCUT2D eigenvalue weighted by molar-refractivity contribution is -0.109. The number of morpholine rings is 1. The Balaban J connectivity index is 0.000000791. The number of nitrogens with zero attached hydrogens (tertiary/aromatic N) is 5. The van der Waals surface area contributed by atoms with Crippen LogP contribution in [-0.2, 0) is 19.6 Å². The second-order valence-corrected chi connectivity index (χ2v) is 11.5. The van der Waals surface area contributed by atoms with E-state index in [0.717, 1.165) is 24.2 Å². The summed E-state index contributed by atoms with van der Waals surface area (Å²) in [5, 5.41) is 9.42. The predicted molar refractivity (Wildman–Crippen MR) is 134 cm³/mol. The summed E-state index contributed by atoms with van der Waals surface area (Å²) in [4.78, 5) is 15.6. The number of ether oxygens (including phenoxy) is 1. The van der Waals surface area contributed by atoms with Crippen LogP contribution in [0.3, 0.4) is 0 Å². The van der Waals surface area contributed by atoms with Crippen molar-refractivity contribution < 1.29 is 29.6 Å². The minimum Gasteiger partial charge on any atom is -0.375 e. The molecule has 1 aliphatic heterocycles. The van der Waals surface area contributed by atoms with Gasteiger partial charge in [0.25, 0.3) is 6.43 Å². The fourth-order valence-corrected chi connectivity index (χ4v) is 5.91. The number of alkyl halides is 2. The fourth-order valence-electron chi connectivity index (χ4n) is 3.74. The van der Waals surface area contributed by atoms with Gasteiger partial charge in [-0.25, -0.2) is 26.9 Å². The van der Waals surface area contributed by atoms with Gasteiger partial charge in [-0.15, -0.1) is 10.2 Å². The van der Waals surface area contributed by atoms with Crippen molar-refractivity contribution in [3.8, 4) is 10.8 Å². The van der Waals surface area contributed by atoms with Gasteiger partial charge >= 0.3 is 0 Å². The van der Waals surface area contributed by atoms with Gasteiger partial charge in [0, 0.05) is 34.7 Å². The largest absolute Gasteiger partial charge is 0.375 e. The SMILES string of the molecule is CNC=O.C[C@H]1CN(c2cc(S(=O)(=O)NC3(C)CC3)cn3c(-c4nnc(C(F)F)s4)ncc23)CCO1.[HH].[HH]. The summed E-state index contributed by atoms with van der Waals surface area (Å²) >= 11 is 0.735. The van der Waals surface area contributed by atoms with Crippen LogP contribution in [-0.4, -0.2) is 72.8 Å². The highest BCUT2D eigenvalue weighted by atomic mass is 32.2. The predicted octanol–water partition coefficient (Wildman–Crippen LogP) is 2.70. The Bertz CT molecular complexity index is 1350. The molecular weight excluding hydrogens is 516 g/mol. The number of amides is 1. The first kappa shape index (κ1) is 26.3. The molecule has 3 aromatic rings. The Hall–Kier alpha value is -2.75. The number of sulfonamides is 1. The van der Waals surface area contributed by atoms with Crippen molar-refractivity contribution in [2.75, 3.05) is 31.6 Å². The molecule has 1 saturated heterocycles. The molecule has 2 aliphatic rings. The van der Waals surface area contributed by atoms with Crippen molar-refractivity contribution in [2.24, 2.45) is 0 Å². The second kappa shape index (κ2) is 10.3. The number of hydrogen-bond acceptors (Lipinski definition) is 9. The van der Waals surface area contributed by atoms with Crippen molar-refractivity contribution in [1.82, 2.24) is 29.6 Å². The zero-order valence-corrected chi connectivity index (χ0v) is 21.6. The molecule has 2 N–H and O–H groups in total. The molecule has 0 unspecified atom stereocenters. The molecule has 0 radical (unpaired) electrons. The summed E-state index contributed by atoms with van der Waals surface area (Å²) in [7, 11) is -2.25. The maximum atomic E-state index is 13.2. The smallest absolute Gasteiger partial charge is 0.291 e. The number of aromatic nitrogens is 4. The average molecular weight is 548 g/mol. The van der Waals surface area contributed by atoms with Gasteiger partial charge in [0.15, 0.2) is 15.8 Å². The number of nitrogens with one attached hydrogen (secondary N) is 2. The molecule has 1 amide bonds. The van der Waals surface area contributed by atoms with Crippen LogP contribution in [0.15, 0.2) is 23.4 Å². The van der Waals surface area contributed by atoms with E-state index in [-0.39, 0.29) is 24.7 Å². The van der Waals surface area contributed by atoms with Gasteiger partial charge < -0.3 is 15.0 Å². The van der Waals surface area contributed by atoms with Crippen molar-refractivity contribution in [3.63, 3.8) is 0 Å². The number of fused-ring (bicyclic) bond motifs is 1. The zero-order valence-electron chi connectivity index (χ0n) is 19.9. The summed E-state index contributed by atoms with van der Waals surface area (Å²) in [6, 6.07) is 1.64. The molecule has 4 heterocycles. The lowest BCUT2D eigenvalue weighted by Gasteiger charge is -2.33. The van der Waals surface area contributed by atoms with E-state index in [1.165, 1.54) is 6.20 Å². The van der Waals surface area contributed by atoms with Gasteiger partial charge in [0.2, 0.25) is 16.4 Å². The van der Waals surface area contributed by atoms with E-state index in [0.29, 0.717) is 37.3 Å². The van der Waals surface area contributed by atoms with Crippen LogP contribution in [0.2, 0.25) is 0 Å². The van der Waals surface area contributed by atoms with Crippen molar-refractivity contribution in [3.05, 3.63) is 23.5 Å². The van der Waals surface area contributed by atoms with Gasteiger partial charge in [-0.05, 0) is 32.8 Å². The Labute approximate surface area is 213 Å². The molecule has 3 aromatic heterocycles. The molecule has 11 nitrogen and oxygen atoms in total. The highest BCUT2D eigenvalue weighted by Crippen LogP contribution is 2.37. The summed E-state index contributed by atoms with van der Waals surface area (Å²) in [6.45, 7) is 5.50. The molecule has 5 rings (SSSR count). The quantitative estimate of drug-likeness (QED) is 0.432. The maximum Gasteiger partial charge on any atom is 0.291 e. The molecular formula is C21H31F2N7O4S2. The van der Waals surface area contributed by atoms with Gasteiger partial charge in [-0.3, -0.25) is 9.20 Å². The van der Waals surface area contributed by atoms with E-state index in [4.69, 9.17) is 9.53 Å². The third kappa shape index (κ3) is 5.63. The molecule has 1 aliphatic carbocycles. The number of hydrogen-bond donors (Lipinski definition) is 2. The van der Waals surface area contributed by atoms with Gasteiger partial charge in [0.05, 0.1) is 30.1 Å². The molecule has 1 saturated carbocycles. The Morgan fingerprint density at radius 3 is 2.67 bits per heavy atom. The van der Waals surface area contributed by atoms with Gasteiger partial charge in [-0.2, -0.15) is 0 Å². The van der Waals surface area contributed by atoms with E-state index in [1.807, 2.05) is 13.8 Å². The van der Waals surface area contributed by atoms with Crippen molar-refractivity contribution in [2.45, 2.75) is 49.7 Å². The first-order valence-corrected chi connectivity index (χ1v) is 13.5. The summed E-state index contributed by atoms with van der Waals surface area (Å²) in [5.74, 6) is 0.265. The Morgan fingerprint density at radius 1 is 1.36 bits per heavy atom. The number of carbonyl (C=O) groups is 1. The van der Waals surface area contributed by atoms with Crippen LogP contribution >= 0.6 is 11.3 Å². The van der Waals surface area contributed by atoms with Gasteiger partial charge in [-0.1, -0.05) is 11.3 Å². The Morgan fingerprint density at radius 2 is 2.08 bits per heavy atom. The summed E-state index contributed by atoms with van der Waals surface area (Å²) < 4.78 is 62.4. The number of pyridine rings is 1. The molecule has 0 bridgehead atoms. The number of carbonyl (C=O) groups excluding carboxylic acids is 1. The van der Waals surface area contributed by atoms with Crippen LogP contribution < -0.4 is 14.9 Å². The first-order valence-electron chi connectivity index (χ1n) is 11.2. The Kier molecular flexibility index (Phi) is 7.54.